The molecule has 17 heavy (non-hydrogen) atoms. The van der Waals surface area contributed by atoms with Crippen LogP contribution in [-0.4, -0.2) is 21.0 Å². The van der Waals surface area contributed by atoms with E-state index in [0.717, 1.165) is 37.0 Å². The van der Waals surface area contributed by atoms with Crippen molar-refractivity contribution in [3.05, 3.63) is 29.1 Å². The number of nitrogens with zero attached hydrogens (tertiary/aromatic N) is 2. The van der Waals surface area contributed by atoms with Crippen LogP contribution >= 0.6 is 0 Å². The van der Waals surface area contributed by atoms with Gasteiger partial charge in [-0.15, -0.1) is 6.58 Å². The van der Waals surface area contributed by atoms with Gasteiger partial charge in [0.05, 0.1) is 11.8 Å². The molecule has 1 aromatic rings. The fraction of sp³-hybridized carbons (Fsp3) is 0.643. The van der Waals surface area contributed by atoms with E-state index in [4.69, 9.17) is 0 Å². The average Bonchev–Trinajstić information content (AvgIpc) is 2.48. The molecule has 1 unspecified atom stereocenters. The minimum absolute atomic E-state index is 0.231. The summed E-state index contributed by atoms with van der Waals surface area (Å²) in [4.78, 5) is 0. The smallest absolute Gasteiger partial charge is 0.0628 e. The Balaban J connectivity index is 2.47. The third-order valence-corrected chi connectivity index (χ3v) is 3.29. The van der Waals surface area contributed by atoms with Crippen LogP contribution in [0.4, 0.5) is 0 Å². The van der Waals surface area contributed by atoms with Gasteiger partial charge in [0, 0.05) is 12.7 Å². The zero-order valence-corrected chi connectivity index (χ0v) is 11.5. The Morgan fingerprint density at radius 2 is 2.06 bits per heavy atom. The SMILES string of the molecule is C=C(C)CCC(O)CCc1c(C)nn(C)c1C. The van der Waals surface area contributed by atoms with Crippen molar-refractivity contribution in [3.63, 3.8) is 0 Å². The second kappa shape index (κ2) is 6.01. The molecule has 0 amide bonds. The fourth-order valence-corrected chi connectivity index (χ4v) is 2.05. The first-order valence-electron chi connectivity index (χ1n) is 6.23. The van der Waals surface area contributed by atoms with Gasteiger partial charge in [0.25, 0.3) is 0 Å². The first-order valence-corrected chi connectivity index (χ1v) is 6.23. The fourth-order valence-electron chi connectivity index (χ4n) is 2.05. The Hall–Kier alpha value is -1.09. The molecule has 0 aliphatic carbocycles. The topological polar surface area (TPSA) is 38.1 Å². The van der Waals surface area contributed by atoms with E-state index in [2.05, 4.69) is 18.6 Å². The number of aliphatic hydroxyl groups is 1. The monoisotopic (exact) mass is 236 g/mol. The van der Waals surface area contributed by atoms with E-state index in [1.165, 1.54) is 11.3 Å². The Labute approximate surface area is 104 Å². The van der Waals surface area contributed by atoms with Crippen LogP contribution in [0, 0.1) is 13.8 Å². The van der Waals surface area contributed by atoms with E-state index in [9.17, 15) is 5.11 Å². The van der Waals surface area contributed by atoms with Gasteiger partial charge in [-0.2, -0.15) is 5.10 Å². The third kappa shape index (κ3) is 4.00. The molecule has 0 aromatic carbocycles. The molecule has 0 saturated heterocycles. The number of aryl methyl sites for hydroxylation is 2. The van der Waals surface area contributed by atoms with E-state index in [1.807, 2.05) is 25.6 Å². The Morgan fingerprint density at radius 1 is 1.41 bits per heavy atom. The van der Waals surface area contributed by atoms with Crippen molar-refractivity contribution in [1.29, 1.82) is 0 Å². The van der Waals surface area contributed by atoms with E-state index in [-0.39, 0.29) is 6.10 Å². The largest absolute Gasteiger partial charge is 0.393 e. The molecule has 0 fully saturated rings. The van der Waals surface area contributed by atoms with Crippen LogP contribution in [0.15, 0.2) is 12.2 Å². The molecule has 0 aliphatic rings. The summed E-state index contributed by atoms with van der Waals surface area (Å²) in [5.74, 6) is 0. The van der Waals surface area contributed by atoms with Gasteiger partial charge in [0.1, 0.15) is 0 Å². The molecule has 3 heteroatoms. The number of aromatic nitrogens is 2. The summed E-state index contributed by atoms with van der Waals surface area (Å²) in [6.07, 6.45) is 3.20. The molecule has 0 saturated carbocycles. The predicted octanol–water partition coefficient (Wildman–Crippen LogP) is 2.69. The molecule has 1 atom stereocenters. The summed E-state index contributed by atoms with van der Waals surface area (Å²) in [5.41, 5.74) is 4.70. The van der Waals surface area contributed by atoms with Crippen LogP contribution in [0.1, 0.15) is 43.1 Å². The van der Waals surface area contributed by atoms with E-state index < -0.39 is 0 Å². The lowest BCUT2D eigenvalue weighted by Crippen LogP contribution is -2.08. The predicted molar refractivity (Wildman–Crippen MR) is 71.1 cm³/mol. The number of hydrogen-bond donors (Lipinski definition) is 1. The molecule has 1 N–H and O–H groups in total. The van der Waals surface area contributed by atoms with E-state index >= 15 is 0 Å². The molecule has 96 valence electrons. The average molecular weight is 236 g/mol. The number of aliphatic hydroxyl groups excluding tert-OH is 1. The second-order valence-electron chi connectivity index (χ2n) is 4.96. The summed E-state index contributed by atoms with van der Waals surface area (Å²) < 4.78 is 1.91. The van der Waals surface area contributed by atoms with Crippen LogP contribution in [-0.2, 0) is 13.5 Å². The first-order chi connectivity index (χ1) is 7.91. The third-order valence-electron chi connectivity index (χ3n) is 3.29. The summed E-state index contributed by atoms with van der Waals surface area (Å²) in [6, 6.07) is 0. The van der Waals surface area contributed by atoms with Gasteiger partial charge in [-0.25, -0.2) is 0 Å². The molecule has 1 aromatic heterocycles. The van der Waals surface area contributed by atoms with Crippen LogP contribution in [0.5, 0.6) is 0 Å². The standard InChI is InChI=1S/C14H24N2O/c1-10(2)6-7-13(17)8-9-14-11(3)15-16(5)12(14)4/h13,17H,1,6-9H2,2-5H3. The highest BCUT2D eigenvalue weighted by Gasteiger charge is 2.11. The summed E-state index contributed by atoms with van der Waals surface area (Å²) in [5, 5.41) is 14.3. The van der Waals surface area contributed by atoms with Gasteiger partial charge < -0.3 is 5.11 Å². The minimum atomic E-state index is -0.231. The maximum Gasteiger partial charge on any atom is 0.0628 e. The Bertz CT molecular complexity index is 393. The molecule has 3 nitrogen and oxygen atoms in total. The summed E-state index contributed by atoms with van der Waals surface area (Å²) in [6.45, 7) is 9.96. The lowest BCUT2D eigenvalue weighted by molar-refractivity contribution is 0.155. The van der Waals surface area contributed by atoms with Crippen molar-refractivity contribution in [2.45, 2.75) is 52.6 Å². The van der Waals surface area contributed by atoms with E-state index in [0.29, 0.717) is 0 Å². The van der Waals surface area contributed by atoms with Crippen molar-refractivity contribution < 1.29 is 5.11 Å². The molecule has 1 rings (SSSR count). The van der Waals surface area contributed by atoms with Gasteiger partial charge >= 0.3 is 0 Å². The van der Waals surface area contributed by atoms with E-state index in [1.54, 1.807) is 0 Å². The van der Waals surface area contributed by atoms with Crippen LogP contribution in [0.2, 0.25) is 0 Å². The number of allylic oxidation sites excluding steroid dienone is 1. The van der Waals surface area contributed by atoms with Gasteiger partial charge in [0.2, 0.25) is 0 Å². The highest BCUT2D eigenvalue weighted by molar-refractivity contribution is 5.24. The van der Waals surface area contributed by atoms with Crippen LogP contribution in [0.3, 0.4) is 0 Å². The van der Waals surface area contributed by atoms with Crippen molar-refractivity contribution in [3.8, 4) is 0 Å². The quantitative estimate of drug-likeness (QED) is 0.771. The molecule has 0 radical (unpaired) electrons. The van der Waals surface area contributed by atoms with Crippen LogP contribution in [0.25, 0.3) is 0 Å². The van der Waals surface area contributed by atoms with Gasteiger partial charge in [-0.05, 0) is 52.0 Å². The first kappa shape index (κ1) is 14.0. The Kier molecular flexibility index (Phi) is 4.94. The minimum Gasteiger partial charge on any atom is -0.393 e. The highest BCUT2D eigenvalue weighted by atomic mass is 16.3. The van der Waals surface area contributed by atoms with Crippen molar-refractivity contribution in [2.24, 2.45) is 7.05 Å². The van der Waals surface area contributed by atoms with Crippen molar-refractivity contribution in [2.75, 3.05) is 0 Å². The molecular formula is C14H24N2O. The summed E-state index contributed by atoms with van der Waals surface area (Å²) >= 11 is 0. The molecular weight excluding hydrogens is 212 g/mol. The second-order valence-corrected chi connectivity index (χ2v) is 4.96. The summed E-state index contributed by atoms with van der Waals surface area (Å²) in [7, 11) is 1.96. The highest BCUT2D eigenvalue weighted by Crippen LogP contribution is 2.16. The lowest BCUT2D eigenvalue weighted by Gasteiger charge is -2.10. The van der Waals surface area contributed by atoms with Gasteiger partial charge in [0.15, 0.2) is 0 Å². The zero-order valence-electron chi connectivity index (χ0n) is 11.5. The maximum atomic E-state index is 9.88. The zero-order chi connectivity index (χ0) is 13.0. The molecule has 0 aliphatic heterocycles. The normalized spacial score (nSPS) is 12.8. The van der Waals surface area contributed by atoms with Crippen molar-refractivity contribution >= 4 is 0 Å². The molecule has 0 bridgehead atoms. The van der Waals surface area contributed by atoms with Gasteiger partial charge in [-0.1, -0.05) is 5.57 Å². The maximum absolute atomic E-state index is 9.88. The number of hydrogen-bond acceptors (Lipinski definition) is 2. The van der Waals surface area contributed by atoms with Crippen LogP contribution < -0.4 is 0 Å². The Morgan fingerprint density at radius 3 is 2.53 bits per heavy atom. The molecule has 1 heterocycles. The number of rotatable bonds is 6. The van der Waals surface area contributed by atoms with Crippen molar-refractivity contribution in [1.82, 2.24) is 9.78 Å². The lowest BCUT2D eigenvalue weighted by atomic mass is 10.0. The molecule has 0 spiro atoms. The van der Waals surface area contributed by atoms with Gasteiger partial charge in [-0.3, -0.25) is 4.68 Å².